The molecule has 7 heteroatoms. The normalized spacial score (nSPS) is 41.5. The highest BCUT2D eigenvalue weighted by atomic mass is 79.9. The number of ether oxygens (including phenoxy) is 2. The number of hydrogen-bond donors (Lipinski definition) is 2. The monoisotopic (exact) mass is 310 g/mol. The first-order chi connectivity index (χ1) is 7.76. The molecule has 0 radical (unpaired) electrons. The summed E-state index contributed by atoms with van der Waals surface area (Å²) < 4.78 is 10.0. The van der Waals surface area contributed by atoms with Crippen LogP contribution >= 0.6 is 15.9 Å². The third-order valence-corrected chi connectivity index (χ3v) is 3.69. The standard InChI is InChI=1S/C10H15BrO6/c1-5(12)9(14)7(4-11)17-8(16-3)10(9,15)6(2)13/h7-8,14-15H,4H2,1-3H3/t7-,8+,9-,10+/m1/s1. The molecule has 2 N–H and O–H groups in total. The van der Waals surface area contributed by atoms with Gasteiger partial charge >= 0.3 is 0 Å². The molecule has 1 aliphatic heterocycles. The maximum absolute atomic E-state index is 11.6. The third kappa shape index (κ3) is 1.77. The fourth-order valence-corrected chi connectivity index (χ4v) is 2.70. The van der Waals surface area contributed by atoms with Crippen molar-refractivity contribution >= 4 is 27.5 Å². The molecule has 0 aromatic heterocycles. The van der Waals surface area contributed by atoms with E-state index in [-0.39, 0.29) is 5.33 Å². The van der Waals surface area contributed by atoms with E-state index in [0.717, 1.165) is 13.8 Å². The number of hydrogen-bond acceptors (Lipinski definition) is 6. The van der Waals surface area contributed by atoms with Crippen molar-refractivity contribution in [2.24, 2.45) is 0 Å². The van der Waals surface area contributed by atoms with E-state index in [1.54, 1.807) is 0 Å². The van der Waals surface area contributed by atoms with Crippen molar-refractivity contribution in [3.05, 3.63) is 0 Å². The van der Waals surface area contributed by atoms with Crippen LogP contribution in [0.2, 0.25) is 0 Å². The number of carbonyl (C=O) groups excluding carboxylic acids is 2. The third-order valence-electron chi connectivity index (χ3n) is 3.10. The van der Waals surface area contributed by atoms with E-state index in [9.17, 15) is 19.8 Å². The van der Waals surface area contributed by atoms with Gasteiger partial charge in [0.1, 0.15) is 6.10 Å². The Morgan fingerprint density at radius 1 is 1.29 bits per heavy atom. The molecule has 0 aromatic carbocycles. The van der Waals surface area contributed by atoms with E-state index < -0.39 is 35.2 Å². The van der Waals surface area contributed by atoms with Gasteiger partial charge in [-0.05, 0) is 13.8 Å². The minimum atomic E-state index is -2.40. The Bertz CT molecular complexity index is 314. The molecule has 0 bridgehead atoms. The summed E-state index contributed by atoms with van der Waals surface area (Å²) in [5, 5.41) is 20.8. The minimum Gasteiger partial charge on any atom is -0.376 e. The second-order valence-corrected chi connectivity index (χ2v) is 4.64. The first-order valence-electron chi connectivity index (χ1n) is 4.97. The molecule has 0 aromatic rings. The Morgan fingerprint density at radius 3 is 2.06 bits per heavy atom. The zero-order valence-electron chi connectivity index (χ0n) is 9.77. The lowest BCUT2D eigenvalue weighted by molar-refractivity contribution is -0.205. The fraction of sp³-hybridized carbons (Fsp3) is 0.800. The summed E-state index contributed by atoms with van der Waals surface area (Å²) in [5.41, 5.74) is -4.71. The van der Waals surface area contributed by atoms with Gasteiger partial charge in [0.05, 0.1) is 0 Å². The summed E-state index contributed by atoms with van der Waals surface area (Å²) in [7, 11) is 1.22. The summed E-state index contributed by atoms with van der Waals surface area (Å²) in [5.74, 6) is -1.54. The summed E-state index contributed by atoms with van der Waals surface area (Å²) in [6.45, 7) is 2.16. The number of aliphatic hydroxyl groups is 2. The van der Waals surface area contributed by atoms with Crippen LogP contribution in [0.15, 0.2) is 0 Å². The van der Waals surface area contributed by atoms with Gasteiger partial charge in [0.25, 0.3) is 0 Å². The molecule has 17 heavy (non-hydrogen) atoms. The molecule has 0 saturated carbocycles. The Labute approximate surface area is 107 Å². The van der Waals surface area contributed by atoms with Crippen molar-refractivity contribution in [2.75, 3.05) is 12.4 Å². The summed E-state index contributed by atoms with van der Waals surface area (Å²) >= 11 is 3.06. The number of carbonyl (C=O) groups is 2. The quantitative estimate of drug-likeness (QED) is 0.673. The van der Waals surface area contributed by atoms with Gasteiger partial charge in [0.2, 0.25) is 5.60 Å². The van der Waals surface area contributed by atoms with Gasteiger partial charge in [-0.3, -0.25) is 9.59 Å². The summed E-state index contributed by atoms with van der Waals surface area (Å²) in [6.07, 6.45) is -2.43. The second-order valence-electron chi connectivity index (χ2n) is 3.99. The SMILES string of the molecule is CO[C@H]1O[C@H](CBr)[C@](O)(C(C)=O)[C@]1(O)C(C)=O. The first-order valence-corrected chi connectivity index (χ1v) is 6.10. The average Bonchev–Trinajstić information content (AvgIpc) is 2.50. The highest BCUT2D eigenvalue weighted by molar-refractivity contribution is 9.09. The van der Waals surface area contributed by atoms with Crippen molar-refractivity contribution in [1.29, 1.82) is 0 Å². The molecule has 0 amide bonds. The van der Waals surface area contributed by atoms with Crippen LogP contribution in [0.3, 0.4) is 0 Å². The highest BCUT2D eigenvalue weighted by Crippen LogP contribution is 2.42. The van der Waals surface area contributed by atoms with Crippen molar-refractivity contribution in [3.8, 4) is 0 Å². The Kier molecular flexibility index (Phi) is 4.10. The maximum Gasteiger partial charge on any atom is 0.212 e. The summed E-state index contributed by atoms with van der Waals surface area (Å²) in [4.78, 5) is 23.2. The van der Waals surface area contributed by atoms with Crippen LogP contribution in [0.1, 0.15) is 13.8 Å². The lowest BCUT2D eigenvalue weighted by atomic mass is 9.76. The molecule has 1 fully saturated rings. The molecule has 6 nitrogen and oxygen atoms in total. The van der Waals surface area contributed by atoms with Crippen LogP contribution < -0.4 is 0 Å². The highest BCUT2D eigenvalue weighted by Gasteiger charge is 2.71. The van der Waals surface area contributed by atoms with Gasteiger partial charge in [0, 0.05) is 12.4 Å². The lowest BCUT2D eigenvalue weighted by Gasteiger charge is -2.36. The van der Waals surface area contributed by atoms with E-state index in [0.29, 0.717) is 0 Å². The molecule has 0 spiro atoms. The average molecular weight is 311 g/mol. The van der Waals surface area contributed by atoms with Crippen molar-refractivity contribution in [2.45, 2.75) is 37.4 Å². The van der Waals surface area contributed by atoms with E-state index in [1.165, 1.54) is 7.11 Å². The van der Waals surface area contributed by atoms with Crippen LogP contribution in [0, 0.1) is 0 Å². The zero-order valence-corrected chi connectivity index (χ0v) is 11.4. The second kappa shape index (κ2) is 4.74. The fourth-order valence-electron chi connectivity index (χ4n) is 2.07. The number of methoxy groups -OCH3 is 1. The zero-order chi connectivity index (χ0) is 13.4. The van der Waals surface area contributed by atoms with Crippen LogP contribution in [-0.4, -0.2) is 57.8 Å². The largest absolute Gasteiger partial charge is 0.376 e. The molecular formula is C10H15BrO6. The Balaban J connectivity index is 3.38. The van der Waals surface area contributed by atoms with Crippen molar-refractivity contribution in [3.63, 3.8) is 0 Å². The van der Waals surface area contributed by atoms with Crippen LogP contribution in [-0.2, 0) is 19.1 Å². The number of ketones is 2. The number of halogens is 1. The van der Waals surface area contributed by atoms with Crippen LogP contribution in [0.4, 0.5) is 0 Å². The van der Waals surface area contributed by atoms with Gasteiger partial charge in [-0.25, -0.2) is 0 Å². The van der Waals surface area contributed by atoms with Crippen LogP contribution in [0.5, 0.6) is 0 Å². The van der Waals surface area contributed by atoms with Crippen molar-refractivity contribution < 1.29 is 29.3 Å². The topological polar surface area (TPSA) is 93.1 Å². The predicted molar refractivity (Wildman–Crippen MR) is 60.7 cm³/mol. The smallest absolute Gasteiger partial charge is 0.212 e. The number of rotatable bonds is 4. The van der Waals surface area contributed by atoms with Gasteiger partial charge < -0.3 is 19.7 Å². The predicted octanol–water partition coefficient (Wildman–Crippen LogP) is -0.607. The van der Waals surface area contributed by atoms with Crippen molar-refractivity contribution in [1.82, 2.24) is 0 Å². The molecule has 1 heterocycles. The van der Waals surface area contributed by atoms with E-state index in [2.05, 4.69) is 15.9 Å². The van der Waals surface area contributed by atoms with Gasteiger partial charge in [-0.2, -0.15) is 0 Å². The molecule has 1 saturated heterocycles. The van der Waals surface area contributed by atoms with Gasteiger partial charge in [0.15, 0.2) is 23.5 Å². The number of alkyl halides is 1. The first kappa shape index (κ1) is 14.7. The molecular weight excluding hydrogens is 296 g/mol. The minimum absolute atomic E-state index is 0.0819. The Hall–Kier alpha value is -0.340. The Morgan fingerprint density at radius 2 is 1.76 bits per heavy atom. The van der Waals surface area contributed by atoms with Crippen LogP contribution in [0.25, 0.3) is 0 Å². The number of Topliss-reactive ketones (excluding diaryl/α,β-unsaturated/α-hetero) is 2. The van der Waals surface area contributed by atoms with E-state index in [1.807, 2.05) is 0 Å². The molecule has 4 atom stereocenters. The lowest BCUT2D eigenvalue weighted by Crippen LogP contribution is -2.67. The van der Waals surface area contributed by atoms with Gasteiger partial charge in [-0.15, -0.1) is 0 Å². The molecule has 1 aliphatic rings. The summed E-state index contributed by atoms with van der Waals surface area (Å²) in [6, 6.07) is 0. The van der Waals surface area contributed by atoms with Gasteiger partial charge in [-0.1, -0.05) is 15.9 Å². The maximum atomic E-state index is 11.6. The molecule has 0 aliphatic carbocycles. The molecule has 0 unspecified atom stereocenters. The molecule has 1 rings (SSSR count). The van der Waals surface area contributed by atoms with E-state index >= 15 is 0 Å². The van der Waals surface area contributed by atoms with E-state index in [4.69, 9.17) is 9.47 Å². The molecule has 98 valence electrons.